The third-order valence-corrected chi connectivity index (χ3v) is 8.95. The minimum atomic E-state index is -0.852. The van der Waals surface area contributed by atoms with Crippen molar-refractivity contribution in [2.24, 2.45) is 0 Å². The number of nitrogens with one attached hydrogen (secondary N) is 1. The molecule has 0 saturated carbocycles. The summed E-state index contributed by atoms with van der Waals surface area (Å²) in [5, 5.41) is 10.4. The molecular formula is C35H32BrN5O2S. The van der Waals surface area contributed by atoms with Crippen molar-refractivity contribution in [1.82, 2.24) is 9.78 Å². The first-order valence-electron chi connectivity index (χ1n) is 14.4. The zero-order chi connectivity index (χ0) is 31.1. The van der Waals surface area contributed by atoms with Gasteiger partial charge in [-0.25, -0.2) is 4.90 Å². The van der Waals surface area contributed by atoms with Gasteiger partial charge in [0.15, 0.2) is 5.11 Å². The van der Waals surface area contributed by atoms with Crippen LogP contribution in [0, 0.1) is 27.7 Å². The number of carbonyl (C=O) groups excluding carboxylic acids is 2. The maximum absolute atomic E-state index is 14.3. The lowest BCUT2D eigenvalue weighted by atomic mass is 10.1. The van der Waals surface area contributed by atoms with Crippen molar-refractivity contribution in [3.8, 4) is 0 Å². The van der Waals surface area contributed by atoms with Crippen LogP contribution in [0.25, 0.3) is 10.8 Å². The predicted molar refractivity (Wildman–Crippen MR) is 184 cm³/mol. The Morgan fingerprint density at radius 1 is 0.977 bits per heavy atom. The van der Waals surface area contributed by atoms with E-state index >= 15 is 0 Å². The zero-order valence-electron chi connectivity index (χ0n) is 25.0. The first kappa shape index (κ1) is 29.7. The number of aromatic nitrogens is 2. The monoisotopic (exact) mass is 665 g/mol. The van der Waals surface area contributed by atoms with Gasteiger partial charge >= 0.3 is 0 Å². The quantitative estimate of drug-likeness (QED) is 0.149. The Morgan fingerprint density at radius 3 is 2.48 bits per heavy atom. The Kier molecular flexibility index (Phi) is 8.09. The van der Waals surface area contributed by atoms with E-state index < -0.39 is 6.04 Å². The number of imide groups is 1. The molecule has 1 N–H and O–H groups in total. The van der Waals surface area contributed by atoms with Crippen molar-refractivity contribution in [3.63, 3.8) is 0 Å². The van der Waals surface area contributed by atoms with Crippen LogP contribution in [0.2, 0.25) is 0 Å². The summed E-state index contributed by atoms with van der Waals surface area (Å²) < 4.78 is 2.93. The van der Waals surface area contributed by atoms with Crippen molar-refractivity contribution >= 4 is 72.9 Å². The van der Waals surface area contributed by atoms with Crippen LogP contribution in [-0.2, 0) is 16.1 Å². The molecule has 7 nitrogen and oxygen atoms in total. The van der Waals surface area contributed by atoms with Crippen molar-refractivity contribution in [3.05, 3.63) is 117 Å². The molecule has 222 valence electrons. The zero-order valence-corrected chi connectivity index (χ0v) is 27.4. The Bertz CT molecular complexity index is 1930. The van der Waals surface area contributed by atoms with Gasteiger partial charge < -0.3 is 10.2 Å². The summed E-state index contributed by atoms with van der Waals surface area (Å²) in [7, 11) is 0. The van der Waals surface area contributed by atoms with Gasteiger partial charge in [0, 0.05) is 15.5 Å². The highest BCUT2D eigenvalue weighted by atomic mass is 79.9. The number of benzene rings is 4. The molecule has 1 saturated heterocycles. The third kappa shape index (κ3) is 5.53. The Balaban J connectivity index is 1.43. The molecule has 2 amide bonds. The number of nitrogens with zero attached hydrogens (tertiary/aromatic N) is 4. The standard InChI is InChI=1S/C35H32BrN5O2S/c1-21-12-13-22(2)29(18-21)37-35(44)41(33-23(3)38-39(24(33)4)20-25-14-16-27(36)17-15-25)31-19-32(42)40(34(31)43)30-11-7-9-26-8-5-6-10-28(26)30/h5-18,31H,19-20H2,1-4H3,(H,37,44). The second-order valence-electron chi connectivity index (χ2n) is 11.2. The first-order chi connectivity index (χ1) is 21.1. The molecule has 0 aliphatic carbocycles. The van der Waals surface area contributed by atoms with E-state index in [1.807, 2.05) is 117 Å². The third-order valence-electron chi connectivity index (χ3n) is 8.13. The summed E-state index contributed by atoms with van der Waals surface area (Å²) in [5.41, 5.74) is 6.89. The molecule has 5 aromatic rings. The molecule has 1 fully saturated rings. The minimum Gasteiger partial charge on any atom is -0.332 e. The summed E-state index contributed by atoms with van der Waals surface area (Å²) in [5.74, 6) is -0.593. The van der Waals surface area contributed by atoms with Crippen LogP contribution in [0.5, 0.6) is 0 Å². The van der Waals surface area contributed by atoms with E-state index in [1.54, 1.807) is 4.90 Å². The van der Waals surface area contributed by atoms with Gasteiger partial charge in [-0.05, 0) is 86.3 Å². The molecule has 9 heteroatoms. The molecule has 0 bridgehead atoms. The van der Waals surface area contributed by atoms with Crippen LogP contribution < -0.4 is 15.1 Å². The highest BCUT2D eigenvalue weighted by Crippen LogP contribution is 2.36. The van der Waals surface area contributed by atoms with Gasteiger partial charge in [0.25, 0.3) is 5.91 Å². The van der Waals surface area contributed by atoms with Crippen LogP contribution in [0.4, 0.5) is 17.1 Å². The van der Waals surface area contributed by atoms with Crippen molar-refractivity contribution < 1.29 is 9.59 Å². The number of hydrogen-bond acceptors (Lipinski definition) is 4. The second kappa shape index (κ2) is 12.0. The van der Waals surface area contributed by atoms with Gasteiger partial charge in [-0.1, -0.05) is 76.6 Å². The number of aryl methyl sites for hydroxylation is 3. The molecule has 1 unspecified atom stereocenters. The average Bonchev–Trinajstić information content (AvgIpc) is 3.44. The number of thiocarbonyl (C=S) groups is 1. The molecule has 1 aliphatic heterocycles. The molecule has 44 heavy (non-hydrogen) atoms. The number of halogens is 1. The second-order valence-corrected chi connectivity index (χ2v) is 12.5. The number of rotatable bonds is 6. The fourth-order valence-corrected chi connectivity index (χ4v) is 6.46. The minimum absolute atomic E-state index is 0.0204. The van der Waals surface area contributed by atoms with E-state index in [4.69, 9.17) is 17.3 Å². The molecule has 0 radical (unpaired) electrons. The first-order valence-corrected chi connectivity index (χ1v) is 15.6. The van der Waals surface area contributed by atoms with E-state index in [9.17, 15) is 9.59 Å². The molecular weight excluding hydrogens is 634 g/mol. The van der Waals surface area contributed by atoms with Crippen LogP contribution >= 0.6 is 28.1 Å². The van der Waals surface area contributed by atoms with Gasteiger partial charge in [-0.15, -0.1) is 0 Å². The van der Waals surface area contributed by atoms with Crippen LogP contribution in [0.3, 0.4) is 0 Å². The molecule has 1 atom stereocenters. The maximum atomic E-state index is 14.3. The van der Waals surface area contributed by atoms with Gasteiger partial charge in [0.2, 0.25) is 5.91 Å². The molecule has 1 aromatic heterocycles. The Labute approximate surface area is 270 Å². The molecule has 2 heterocycles. The van der Waals surface area contributed by atoms with Crippen LogP contribution in [-0.4, -0.2) is 32.7 Å². The SMILES string of the molecule is Cc1ccc(C)c(NC(=S)N(c2c(C)nn(Cc3ccc(Br)cc3)c2C)C2CC(=O)N(c3cccc4ccccc34)C2=O)c1. The molecule has 6 rings (SSSR count). The van der Waals surface area contributed by atoms with E-state index in [1.165, 1.54) is 4.90 Å². The predicted octanol–water partition coefficient (Wildman–Crippen LogP) is 7.62. The molecule has 4 aromatic carbocycles. The summed E-state index contributed by atoms with van der Waals surface area (Å²) in [6.45, 7) is 8.47. The lowest BCUT2D eigenvalue weighted by Crippen LogP contribution is -2.48. The van der Waals surface area contributed by atoms with Crippen molar-refractivity contribution in [2.45, 2.75) is 46.7 Å². The van der Waals surface area contributed by atoms with Crippen LogP contribution in [0.1, 0.15) is 34.5 Å². The van der Waals surface area contributed by atoms with Gasteiger partial charge in [0.05, 0.1) is 35.7 Å². The largest absolute Gasteiger partial charge is 0.332 e. The Hall–Kier alpha value is -4.34. The normalized spacial score (nSPS) is 14.8. The van der Waals surface area contributed by atoms with Gasteiger partial charge in [-0.2, -0.15) is 5.10 Å². The molecule has 1 aliphatic rings. The number of anilines is 3. The number of carbonyl (C=O) groups is 2. The van der Waals surface area contributed by atoms with Crippen molar-refractivity contribution in [1.29, 1.82) is 0 Å². The summed E-state index contributed by atoms with van der Waals surface area (Å²) in [6.07, 6.45) is -0.0204. The number of fused-ring (bicyclic) bond motifs is 1. The average molecular weight is 667 g/mol. The van der Waals surface area contributed by atoms with E-state index in [0.717, 1.165) is 49.0 Å². The highest BCUT2D eigenvalue weighted by Gasteiger charge is 2.46. The maximum Gasteiger partial charge on any atom is 0.257 e. The van der Waals surface area contributed by atoms with E-state index in [2.05, 4.69) is 21.2 Å². The van der Waals surface area contributed by atoms with Crippen molar-refractivity contribution in [2.75, 3.05) is 15.1 Å². The summed E-state index contributed by atoms with van der Waals surface area (Å²) in [4.78, 5) is 31.2. The van der Waals surface area contributed by atoms with Gasteiger partial charge in [0.1, 0.15) is 6.04 Å². The fourth-order valence-electron chi connectivity index (χ4n) is 5.87. The van der Waals surface area contributed by atoms with Crippen LogP contribution in [0.15, 0.2) is 89.4 Å². The fraction of sp³-hybridized carbons (Fsp3) is 0.200. The lowest BCUT2D eigenvalue weighted by Gasteiger charge is -2.31. The molecule has 0 spiro atoms. The summed E-state index contributed by atoms with van der Waals surface area (Å²) >= 11 is 9.57. The van der Waals surface area contributed by atoms with E-state index in [0.29, 0.717) is 23.0 Å². The highest BCUT2D eigenvalue weighted by molar-refractivity contribution is 9.10. The topological polar surface area (TPSA) is 70.5 Å². The van der Waals surface area contributed by atoms with Gasteiger partial charge in [-0.3, -0.25) is 14.3 Å². The summed E-state index contributed by atoms with van der Waals surface area (Å²) in [6, 6.07) is 26.8. The smallest absolute Gasteiger partial charge is 0.257 e. The lowest BCUT2D eigenvalue weighted by molar-refractivity contribution is -0.121. The number of hydrogen-bond donors (Lipinski definition) is 1. The Morgan fingerprint density at radius 2 is 1.70 bits per heavy atom. The number of amides is 2. The van der Waals surface area contributed by atoms with E-state index in [-0.39, 0.29) is 18.2 Å².